The Balaban J connectivity index is 1.49. The Morgan fingerprint density at radius 1 is 1.24 bits per heavy atom. The van der Waals surface area contributed by atoms with Crippen LogP contribution in [0.1, 0.15) is 17.2 Å². The van der Waals surface area contributed by atoms with E-state index in [1.54, 1.807) is 18.3 Å². The van der Waals surface area contributed by atoms with Crippen molar-refractivity contribution in [2.24, 2.45) is 0 Å². The van der Waals surface area contributed by atoms with Gasteiger partial charge in [0.1, 0.15) is 5.82 Å². The fourth-order valence-electron chi connectivity index (χ4n) is 3.19. The van der Waals surface area contributed by atoms with E-state index in [9.17, 15) is 4.39 Å². The molecule has 6 heteroatoms. The molecule has 1 aromatic carbocycles. The topological polar surface area (TPSA) is 54.0 Å². The van der Waals surface area contributed by atoms with Crippen LogP contribution in [0.25, 0.3) is 11.3 Å². The molecule has 3 heterocycles. The van der Waals surface area contributed by atoms with Crippen LogP contribution in [0.3, 0.4) is 0 Å². The first-order valence-electron chi connectivity index (χ1n) is 8.31. The SMILES string of the molecule is Fc1cccc(C2CN(Cc3cn[nH]c3-c3cccnc3)CCO2)c1. The van der Waals surface area contributed by atoms with Crippen molar-refractivity contribution in [2.75, 3.05) is 19.7 Å². The third-order valence-electron chi connectivity index (χ3n) is 4.43. The smallest absolute Gasteiger partial charge is 0.123 e. The van der Waals surface area contributed by atoms with Crippen LogP contribution in [0.15, 0.2) is 55.0 Å². The number of rotatable bonds is 4. The molecule has 1 fully saturated rings. The van der Waals surface area contributed by atoms with Crippen LogP contribution in [0, 0.1) is 5.82 Å². The minimum atomic E-state index is -0.230. The molecule has 2 aromatic heterocycles. The highest BCUT2D eigenvalue weighted by Crippen LogP contribution is 2.26. The van der Waals surface area contributed by atoms with Crippen molar-refractivity contribution in [3.63, 3.8) is 0 Å². The second kappa shape index (κ2) is 7.13. The van der Waals surface area contributed by atoms with E-state index in [-0.39, 0.29) is 11.9 Å². The number of aromatic amines is 1. The molecular weight excluding hydrogens is 319 g/mol. The van der Waals surface area contributed by atoms with Crippen LogP contribution in [-0.2, 0) is 11.3 Å². The van der Waals surface area contributed by atoms with Gasteiger partial charge in [-0.25, -0.2) is 4.39 Å². The predicted molar refractivity (Wildman–Crippen MR) is 92.2 cm³/mol. The first-order chi connectivity index (χ1) is 12.3. The maximum absolute atomic E-state index is 13.5. The third-order valence-corrected chi connectivity index (χ3v) is 4.43. The molecule has 1 aliphatic heterocycles. The van der Waals surface area contributed by atoms with Crippen molar-refractivity contribution < 1.29 is 9.13 Å². The number of pyridine rings is 1. The molecule has 0 saturated carbocycles. The lowest BCUT2D eigenvalue weighted by molar-refractivity contribution is -0.0330. The highest BCUT2D eigenvalue weighted by atomic mass is 19.1. The van der Waals surface area contributed by atoms with Crippen molar-refractivity contribution in [1.82, 2.24) is 20.1 Å². The molecule has 1 N–H and O–H groups in total. The Hall–Kier alpha value is -2.57. The Morgan fingerprint density at radius 3 is 3.04 bits per heavy atom. The van der Waals surface area contributed by atoms with E-state index in [0.717, 1.165) is 42.0 Å². The Labute approximate surface area is 145 Å². The monoisotopic (exact) mass is 338 g/mol. The number of morpholine rings is 1. The second-order valence-electron chi connectivity index (χ2n) is 6.16. The zero-order valence-corrected chi connectivity index (χ0v) is 13.7. The standard InChI is InChI=1S/C19H19FN4O/c20-17-5-1-3-14(9-17)18-13-24(7-8-25-18)12-16-11-22-23-19(16)15-4-2-6-21-10-15/h1-6,9-11,18H,7-8,12-13H2,(H,22,23). The van der Waals surface area contributed by atoms with E-state index in [2.05, 4.69) is 20.1 Å². The lowest BCUT2D eigenvalue weighted by Gasteiger charge is -2.33. The van der Waals surface area contributed by atoms with Gasteiger partial charge >= 0.3 is 0 Å². The van der Waals surface area contributed by atoms with Crippen molar-refractivity contribution in [2.45, 2.75) is 12.6 Å². The van der Waals surface area contributed by atoms with Crippen LogP contribution in [0.2, 0.25) is 0 Å². The van der Waals surface area contributed by atoms with Gasteiger partial charge in [-0.05, 0) is 29.8 Å². The summed E-state index contributed by atoms with van der Waals surface area (Å²) in [5, 5.41) is 7.26. The lowest BCUT2D eigenvalue weighted by atomic mass is 10.1. The molecule has 25 heavy (non-hydrogen) atoms. The third kappa shape index (κ3) is 3.60. The molecule has 0 bridgehead atoms. The molecule has 3 aromatic rings. The number of hydrogen-bond acceptors (Lipinski definition) is 4. The van der Waals surface area contributed by atoms with Gasteiger partial charge in [0.05, 0.1) is 24.6 Å². The number of hydrogen-bond donors (Lipinski definition) is 1. The van der Waals surface area contributed by atoms with E-state index in [4.69, 9.17) is 4.74 Å². The summed E-state index contributed by atoms with van der Waals surface area (Å²) in [6.45, 7) is 2.95. The molecule has 1 aliphatic rings. The first kappa shape index (κ1) is 15.9. The van der Waals surface area contributed by atoms with Gasteiger partial charge in [0.15, 0.2) is 0 Å². The minimum absolute atomic E-state index is 0.113. The second-order valence-corrected chi connectivity index (χ2v) is 6.16. The van der Waals surface area contributed by atoms with E-state index in [1.165, 1.54) is 6.07 Å². The normalized spacial score (nSPS) is 18.4. The van der Waals surface area contributed by atoms with Crippen molar-refractivity contribution >= 4 is 0 Å². The fraction of sp³-hybridized carbons (Fsp3) is 0.263. The number of benzene rings is 1. The van der Waals surface area contributed by atoms with E-state index in [0.29, 0.717) is 6.61 Å². The van der Waals surface area contributed by atoms with Gasteiger partial charge in [0, 0.05) is 43.2 Å². The molecule has 0 spiro atoms. The van der Waals surface area contributed by atoms with E-state index >= 15 is 0 Å². The quantitative estimate of drug-likeness (QED) is 0.794. The zero-order valence-electron chi connectivity index (χ0n) is 13.7. The molecule has 1 unspecified atom stereocenters. The van der Waals surface area contributed by atoms with Gasteiger partial charge in [-0.2, -0.15) is 5.10 Å². The van der Waals surface area contributed by atoms with Gasteiger partial charge in [-0.3, -0.25) is 15.0 Å². The lowest BCUT2D eigenvalue weighted by Crippen LogP contribution is -2.37. The van der Waals surface area contributed by atoms with Crippen LogP contribution < -0.4 is 0 Å². The molecule has 1 atom stereocenters. The number of halogens is 1. The Kier molecular flexibility index (Phi) is 4.54. The molecule has 0 radical (unpaired) electrons. The molecule has 0 aliphatic carbocycles. The molecule has 1 saturated heterocycles. The van der Waals surface area contributed by atoms with Crippen LogP contribution in [0.5, 0.6) is 0 Å². The van der Waals surface area contributed by atoms with Crippen molar-refractivity contribution in [1.29, 1.82) is 0 Å². The summed E-state index contributed by atoms with van der Waals surface area (Å²) in [4.78, 5) is 6.48. The van der Waals surface area contributed by atoms with Crippen LogP contribution >= 0.6 is 0 Å². The molecule has 4 rings (SSSR count). The molecule has 5 nitrogen and oxygen atoms in total. The van der Waals surface area contributed by atoms with Crippen molar-refractivity contribution in [3.8, 4) is 11.3 Å². The molecular formula is C19H19FN4O. The average Bonchev–Trinajstić information content (AvgIpc) is 3.11. The van der Waals surface area contributed by atoms with Gasteiger partial charge in [-0.15, -0.1) is 0 Å². The first-order valence-corrected chi connectivity index (χ1v) is 8.31. The summed E-state index contributed by atoms with van der Waals surface area (Å²) < 4.78 is 19.3. The highest BCUT2D eigenvalue weighted by molar-refractivity contribution is 5.61. The summed E-state index contributed by atoms with van der Waals surface area (Å²) in [7, 11) is 0. The summed E-state index contributed by atoms with van der Waals surface area (Å²) in [6, 6.07) is 10.6. The van der Waals surface area contributed by atoms with Crippen LogP contribution in [-0.4, -0.2) is 39.8 Å². The van der Waals surface area contributed by atoms with Crippen molar-refractivity contribution in [3.05, 3.63) is 71.9 Å². The largest absolute Gasteiger partial charge is 0.371 e. The maximum Gasteiger partial charge on any atom is 0.123 e. The summed E-state index contributed by atoms with van der Waals surface area (Å²) in [6.07, 6.45) is 5.32. The summed E-state index contributed by atoms with van der Waals surface area (Å²) in [5.41, 5.74) is 4.00. The maximum atomic E-state index is 13.5. The molecule has 128 valence electrons. The number of nitrogens with zero attached hydrogens (tertiary/aromatic N) is 3. The summed E-state index contributed by atoms with van der Waals surface area (Å²) in [5.74, 6) is -0.230. The highest BCUT2D eigenvalue weighted by Gasteiger charge is 2.23. The van der Waals surface area contributed by atoms with E-state index in [1.807, 2.05) is 30.6 Å². The van der Waals surface area contributed by atoms with Gasteiger partial charge in [0.25, 0.3) is 0 Å². The Morgan fingerprint density at radius 2 is 2.20 bits per heavy atom. The number of nitrogens with one attached hydrogen (secondary N) is 1. The summed E-state index contributed by atoms with van der Waals surface area (Å²) >= 11 is 0. The van der Waals surface area contributed by atoms with Crippen LogP contribution in [0.4, 0.5) is 4.39 Å². The van der Waals surface area contributed by atoms with Gasteiger partial charge in [0.2, 0.25) is 0 Å². The van der Waals surface area contributed by atoms with Gasteiger partial charge in [-0.1, -0.05) is 12.1 Å². The predicted octanol–water partition coefficient (Wildman–Crippen LogP) is 3.18. The average molecular weight is 338 g/mol. The number of aromatic nitrogens is 3. The number of ether oxygens (including phenoxy) is 1. The minimum Gasteiger partial charge on any atom is -0.371 e. The molecule has 0 amide bonds. The fourth-order valence-corrected chi connectivity index (χ4v) is 3.19. The van der Waals surface area contributed by atoms with E-state index < -0.39 is 0 Å². The number of H-pyrrole nitrogens is 1. The zero-order chi connectivity index (χ0) is 17.1. The Bertz CT molecular complexity index is 836. The van der Waals surface area contributed by atoms with Gasteiger partial charge < -0.3 is 4.74 Å².